The monoisotopic (exact) mass is 914 g/mol. The fourth-order valence-electron chi connectivity index (χ4n) is 10.1. The highest BCUT2D eigenvalue weighted by Crippen LogP contribution is 2.38. The molecule has 5 unspecified atom stereocenters. The average molecular weight is 914 g/mol. The largest absolute Gasteiger partial charge is 0.460 e. The summed E-state index contributed by atoms with van der Waals surface area (Å²) in [6, 6.07) is -1.14. The number of fused-ring (bicyclic) bond motifs is 3. The Morgan fingerprint density at radius 1 is 0.846 bits per heavy atom. The van der Waals surface area contributed by atoms with Gasteiger partial charge >= 0.3 is 5.97 Å². The van der Waals surface area contributed by atoms with Gasteiger partial charge in [-0.15, -0.1) is 0 Å². The predicted molar refractivity (Wildman–Crippen MR) is 245 cm³/mol. The van der Waals surface area contributed by atoms with Crippen LogP contribution >= 0.6 is 0 Å². The van der Waals surface area contributed by atoms with Crippen molar-refractivity contribution in [1.82, 2.24) is 4.90 Å². The number of ether oxygens (including phenoxy) is 5. The molecule has 4 rings (SSSR count). The summed E-state index contributed by atoms with van der Waals surface area (Å²) in [6.07, 6.45) is 11.2. The lowest BCUT2D eigenvalue weighted by Crippen LogP contribution is -2.61. The molecule has 2 saturated heterocycles. The maximum absolute atomic E-state index is 14.4. The molecule has 366 valence electrons. The van der Waals surface area contributed by atoms with E-state index in [1.807, 2.05) is 58.1 Å². The fraction of sp³-hybridized carbons (Fsp3) is 0.745. The highest BCUT2D eigenvalue weighted by molar-refractivity contribution is 6.39. The molecule has 0 aromatic heterocycles. The lowest BCUT2D eigenvalue weighted by atomic mass is 9.78. The number of aliphatic hydroxyl groups is 3. The second-order valence-corrected chi connectivity index (χ2v) is 19.6. The molecule has 3 aliphatic heterocycles. The third kappa shape index (κ3) is 14.3. The summed E-state index contributed by atoms with van der Waals surface area (Å²) in [5.74, 6) is -7.96. The number of ketones is 3. The van der Waals surface area contributed by atoms with Gasteiger partial charge in [0.1, 0.15) is 30.1 Å². The molecule has 4 aliphatic rings. The summed E-state index contributed by atoms with van der Waals surface area (Å²) >= 11 is 0. The van der Waals surface area contributed by atoms with Gasteiger partial charge in [-0.05, 0) is 107 Å². The van der Waals surface area contributed by atoms with Crippen molar-refractivity contribution in [1.29, 1.82) is 0 Å². The molecule has 15 atom stereocenters. The van der Waals surface area contributed by atoms with Crippen LogP contribution in [-0.2, 0) is 47.7 Å². The van der Waals surface area contributed by atoms with Crippen molar-refractivity contribution in [3.05, 3.63) is 47.6 Å². The van der Waals surface area contributed by atoms with Crippen LogP contribution in [0.4, 0.5) is 0 Å². The van der Waals surface area contributed by atoms with E-state index in [0.717, 1.165) is 12.0 Å². The van der Waals surface area contributed by atoms with Crippen LogP contribution in [0.15, 0.2) is 47.6 Å². The number of Topliss-reactive ketones (excluding diaryl/α,β-unsaturated/α-hetero) is 3. The van der Waals surface area contributed by atoms with Crippen LogP contribution in [0.1, 0.15) is 126 Å². The molecule has 3 heterocycles. The number of aliphatic hydroxyl groups excluding tert-OH is 2. The van der Waals surface area contributed by atoms with Crippen molar-refractivity contribution >= 4 is 29.2 Å². The number of cyclic esters (lactones) is 1. The highest BCUT2D eigenvalue weighted by Gasteiger charge is 2.53. The molecular formula is C51H79NO13. The van der Waals surface area contributed by atoms with Gasteiger partial charge in [-0.25, -0.2) is 4.79 Å². The van der Waals surface area contributed by atoms with Crippen molar-refractivity contribution in [2.24, 2.45) is 35.5 Å². The third-order valence-corrected chi connectivity index (χ3v) is 14.5. The lowest BCUT2D eigenvalue weighted by molar-refractivity contribution is -0.265. The number of hydrogen-bond acceptors (Lipinski definition) is 13. The molecule has 14 heteroatoms. The molecule has 2 bridgehead atoms. The van der Waals surface area contributed by atoms with Gasteiger partial charge in [-0.3, -0.25) is 19.2 Å². The van der Waals surface area contributed by atoms with E-state index in [1.165, 1.54) is 12.0 Å². The molecule has 3 fully saturated rings. The van der Waals surface area contributed by atoms with Crippen LogP contribution < -0.4 is 0 Å². The Kier molecular flexibility index (Phi) is 21.0. The minimum Gasteiger partial charge on any atom is -0.460 e. The van der Waals surface area contributed by atoms with Gasteiger partial charge in [-0.2, -0.15) is 0 Å². The third-order valence-electron chi connectivity index (χ3n) is 14.5. The Morgan fingerprint density at radius 2 is 1.57 bits per heavy atom. The summed E-state index contributed by atoms with van der Waals surface area (Å²) < 4.78 is 29.4. The molecular weight excluding hydrogens is 835 g/mol. The number of methoxy groups -OCH3 is 3. The van der Waals surface area contributed by atoms with Gasteiger partial charge in [0.15, 0.2) is 5.78 Å². The van der Waals surface area contributed by atoms with E-state index in [9.17, 15) is 39.3 Å². The second-order valence-electron chi connectivity index (χ2n) is 19.6. The maximum Gasteiger partial charge on any atom is 0.329 e. The van der Waals surface area contributed by atoms with Crippen molar-refractivity contribution < 1.29 is 63.0 Å². The Morgan fingerprint density at radius 3 is 2.25 bits per heavy atom. The number of amides is 1. The Labute approximate surface area is 387 Å². The average Bonchev–Trinajstić information content (AvgIpc) is 3.28. The zero-order valence-corrected chi connectivity index (χ0v) is 40.6. The van der Waals surface area contributed by atoms with Crippen LogP contribution in [0.2, 0.25) is 0 Å². The van der Waals surface area contributed by atoms with Crippen LogP contribution in [0, 0.1) is 35.5 Å². The van der Waals surface area contributed by atoms with E-state index >= 15 is 0 Å². The smallest absolute Gasteiger partial charge is 0.329 e. The number of esters is 1. The van der Waals surface area contributed by atoms with Gasteiger partial charge in [-0.1, -0.05) is 71.1 Å². The Balaban J connectivity index is 1.70. The number of hydrogen-bond donors (Lipinski definition) is 3. The van der Waals surface area contributed by atoms with Crippen molar-refractivity contribution in [3.63, 3.8) is 0 Å². The Bertz CT molecular complexity index is 1760. The van der Waals surface area contributed by atoms with Crippen molar-refractivity contribution in [2.45, 2.75) is 180 Å². The molecule has 65 heavy (non-hydrogen) atoms. The number of nitrogens with zero attached hydrogens (tertiary/aromatic N) is 1. The number of allylic oxidation sites excluding steroid dienone is 6. The number of carbonyl (C=O) groups is 5. The van der Waals surface area contributed by atoms with Crippen LogP contribution in [0.25, 0.3) is 0 Å². The number of piperidine rings is 1. The number of carbonyl (C=O) groups excluding carboxylic acids is 5. The quantitative estimate of drug-likeness (QED) is 0.156. The van der Waals surface area contributed by atoms with Gasteiger partial charge in [0.2, 0.25) is 5.79 Å². The molecule has 0 radical (unpaired) electrons. The van der Waals surface area contributed by atoms with Crippen molar-refractivity contribution in [2.75, 3.05) is 27.9 Å². The molecule has 1 saturated carbocycles. The zero-order valence-electron chi connectivity index (χ0n) is 40.6. The minimum absolute atomic E-state index is 0.0193. The van der Waals surface area contributed by atoms with Gasteiger partial charge < -0.3 is 43.9 Å². The van der Waals surface area contributed by atoms with E-state index < -0.39 is 83.9 Å². The predicted octanol–water partition coefficient (Wildman–Crippen LogP) is 6.18. The maximum atomic E-state index is 14.4. The van der Waals surface area contributed by atoms with Gasteiger partial charge in [0.25, 0.3) is 11.7 Å². The lowest BCUT2D eigenvalue weighted by Gasteiger charge is -2.42. The minimum atomic E-state index is -2.43. The fourth-order valence-corrected chi connectivity index (χ4v) is 10.1. The van der Waals surface area contributed by atoms with Crippen molar-refractivity contribution in [3.8, 4) is 0 Å². The molecule has 1 amide bonds. The van der Waals surface area contributed by atoms with Crippen LogP contribution in [-0.4, -0.2) is 132 Å². The van der Waals surface area contributed by atoms with Gasteiger partial charge in [0, 0.05) is 58.5 Å². The second kappa shape index (κ2) is 25.1. The van der Waals surface area contributed by atoms with Crippen LogP contribution in [0.5, 0.6) is 0 Å². The molecule has 14 nitrogen and oxygen atoms in total. The summed E-state index contributed by atoms with van der Waals surface area (Å²) in [5.41, 5.74) is 1.27. The van der Waals surface area contributed by atoms with E-state index in [0.29, 0.717) is 63.4 Å². The van der Waals surface area contributed by atoms with E-state index in [1.54, 1.807) is 41.1 Å². The molecule has 1 aliphatic carbocycles. The summed E-state index contributed by atoms with van der Waals surface area (Å²) in [4.78, 5) is 71.8. The normalized spacial score (nSPS) is 40.4. The van der Waals surface area contributed by atoms with E-state index in [4.69, 9.17) is 23.7 Å². The first-order chi connectivity index (χ1) is 30.7. The SMILES string of the molecule is COC1C[C@H](C[C@@H](C)[C@@H]2CC(=O)[C@H](C)/C=C(\C)[C@@H](O)C(OC)C(=O)C(C)C[C@H](C)/C=C/C=C/C=C(\C)[C@@H](OC)C[C@@H]3CC[C@@H](C)C(O)(O3)C(=O)C(=O)N3CCCCC3C(=O)O2)CC[C@H]1O. The summed E-state index contributed by atoms with van der Waals surface area (Å²) in [7, 11) is 4.52. The van der Waals surface area contributed by atoms with Crippen LogP contribution in [0.3, 0.4) is 0 Å². The first kappa shape index (κ1) is 54.2. The Hall–Kier alpha value is -3.37. The zero-order chi connectivity index (χ0) is 48.2. The van der Waals surface area contributed by atoms with Gasteiger partial charge in [0.05, 0.1) is 24.4 Å². The summed E-state index contributed by atoms with van der Waals surface area (Å²) in [6.45, 7) is 12.7. The first-order valence-corrected chi connectivity index (χ1v) is 23.9. The topological polar surface area (TPSA) is 195 Å². The van der Waals surface area contributed by atoms with E-state index in [-0.39, 0.29) is 54.8 Å². The molecule has 0 aromatic carbocycles. The highest BCUT2D eigenvalue weighted by atomic mass is 16.6. The molecule has 3 N–H and O–H groups in total. The van der Waals surface area contributed by atoms with E-state index in [2.05, 4.69) is 0 Å². The number of rotatable bonds is 6. The molecule has 0 aromatic rings. The first-order valence-electron chi connectivity index (χ1n) is 23.9. The molecule has 0 spiro atoms. The standard InChI is InChI=1S/C51H79NO13/c1-30-16-12-11-13-17-31(2)42(61-8)28-38-21-19-36(7)51(60,65-38)48(57)49(58)52-23-15-14-18-39(52)50(59)64-43(33(4)26-37-20-22-40(53)44(27-37)62-9)29-41(54)32(3)25-35(6)46(56)47(63-10)45(55)34(5)24-30/h11-13,16-17,25,30,32-34,36-40,42-44,46-47,53,56,60H,14-15,18-24,26-29H2,1-10H3/b13-11+,16-12+,31-17+,35-25+/t30-,32-,33-,34?,36-,37+,38+,39?,40-,42+,43+,44?,46-,47?,51?/m1/s1. The summed E-state index contributed by atoms with van der Waals surface area (Å²) in [5, 5.41) is 33.8.